The molecule has 124 valence electrons. The Hall–Kier alpha value is -2.74. The Morgan fingerprint density at radius 2 is 2.12 bits per heavy atom. The maximum atomic E-state index is 12.4. The topological polar surface area (TPSA) is 78.5 Å². The van der Waals surface area contributed by atoms with Gasteiger partial charge in [-0.25, -0.2) is 4.98 Å². The zero-order chi connectivity index (χ0) is 17.1. The highest BCUT2D eigenvalue weighted by molar-refractivity contribution is 7.16. The maximum absolute atomic E-state index is 12.4. The van der Waals surface area contributed by atoms with Gasteiger partial charge in [0.2, 0.25) is 5.82 Å². The number of ether oxygens (including phenoxy) is 1. The van der Waals surface area contributed by atoms with E-state index in [0.717, 1.165) is 10.2 Å². The summed E-state index contributed by atoms with van der Waals surface area (Å²) >= 11 is 1.35. The predicted molar refractivity (Wildman–Crippen MR) is 89.5 cm³/mol. The van der Waals surface area contributed by atoms with Crippen LogP contribution in [0.15, 0.2) is 41.7 Å². The molecule has 0 bridgehead atoms. The monoisotopic (exact) mass is 344 g/mol. The molecular weight excluding hydrogens is 328 g/mol. The maximum Gasteiger partial charge on any atom is 0.326 e. The summed E-state index contributed by atoms with van der Waals surface area (Å²) in [5.41, 5.74) is 0.835. The standard InChI is InChI=1S/C16H16N4O3S/c1-3-23-13(21)10-20-11-6-4-5-7-12(11)24-16(20)18-15(22)14-17-8-9-19(14)2/h4-9H,3,10H2,1-2H3. The molecule has 0 saturated heterocycles. The third kappa shape index (κ3) is 3.13. The molecule has 0 aliphatic carbocycles. The van der Waals surface area contributed by atoms with Gasteiger partial charge in [-0.15, -0.1) is 0 Å². The summed E-state index contributed by atoms with van der Waals surface area (Å²) < 4.78 is 9.25. The number of nitrogens with zero attached hydrogens (tertiary/aromatic N) is 4. The number of benzene rings is 1. The smallest absolute Gasteiger partial charge is 0.326 e. The molecule has 0 radical (unpaired) electrons. The van der Waals surface area contributed by atoms with Crippen molar-refractivity contribution < 1.29 is 14.3 Å². The van der Waals surface area contributed by atoms with Gasteiger partial charge in [0.15, 0.2) is 4.80 Å². The minimum Gasteiger partial charge on any atom is -0.465 e. The van der Waals surface area contributed by atoms with Gasteiger partial charge in [-0.1, -0.05) is 23.5 Å². The van der Waals surface area contributed by atoms with E-state index in [2.05, 4.69) is 9.98 Å². The van der Waals surface area contributed by atoms with Crippen molar-refractivity contribution in [2.24, 2.45) is 12.0 Å². The molecule has 0 atom stereocenters. The summed E-state index contributed by atoms with van der Waals surface area (Å²) in [6.07, 6.45) is 3.22. The van der Waals surface area contributed by atoms with Gasteiger partial charge in [0.25, 0.3) is 0 Å². The van der Waals surface area contributed by atoms with Gasteiger partial charge in [0.05, 0.1) is 16.8 Å². The molecule has 0 aliphatic rings. The molecule has 0 unspecified atom stereocenters. The number of hydrogen-bond acceptors (Lipinski definition) is 5. The molecule has 3 rings (SSSR count). The summed E-state index contributed by atoms with van der Waals surface area (Å²) in [5.74, 6) is -0.575. The second-order valence-electron chi connectivity index (χ2n) is 5.02. The average Bonchev–Trinajstić information content (AvgIpc) is 3.12. The van der Waals surface area contributed by atoms with E-state index in [1.165, 1.54) is 11.3 Å². The lowest BCUT2D eigenvalue weighted by atomic mass is 10.3. The molecule has 7 nitrogen and oxygen atoms in total. The molecular formula is C16H16N4O3S. The highest BCUT2D eigenvalue weighted by Gasteiger charge is 2.14. The van der Waals surface area contributed by atoms with Crippen molar-refractivity contribution in [2.45, 2.75) is 13.5 Å². The molecule has 1 aromatic carbocycles. The van der Waals surface area contributed by atoms with Crippen molar-refractivity contribution in [3.63, 3.8) is 0 Å². The molecule has 8 heteroatoms. The number of amides is 1. The zero-order valence-electron chi connectivity index (χ0n) is 13.3. The summed E-state index contributed by atoms with van der Waals surface area (Å²) in [7, 11) is 1.73. The fraction of sp³-hybridized carbons (Fsp3) is 0.250. The van der Waals surface area contributed by atoms with Crippen molar-refractivity contribution in [3.05, 3.63) is 47.3 Å². The van der Waals surface area contributed by atoms with Crippen LogP contribution in [0.5, 0.6) is 0 Å². The molecule has 0 fully saturated rings. The van der Waals surface area contributed by atoms with Crippen LogP contribution >= 0.6 is 11.3 Å². The van der Waals surface area contributed by atoms with Crippen LogP contribution in [0.1, 0.15) is 17.5 Å². The van der Waals surface area contributed by atoms with Crippen LogP contribution in [-0.2, 0) is 23.1 Å². The fourth-order valence-electron chi connectivity index (χ4n) is 2.30. The Morgan fingerprint density at radius 1 is 1.33 bits per heavy atom. The van der Waals surface area contributed by atoms with Gasteiger partial charge in [0.1, 0.15) is 6.54 Å². The van der Waals surface area contributed by atoms with Crippen LogP contribution in [0.25, 0.3) is 10.2 Å². The number of esters is 1. The number of aryl methyl sites for hydroxylation is 1. The summed E-state index contributed by atoms with van der Waals surface area (Å²) in [4.78, 5) is 32.9. The molecule has 3 aromatic rings. The largest absolute Gasteiger partial charge is 0.465 e. The quantitative estimate of drug-likeness (QED) is 0.676. The second kappa shape index (κ2) is 6.79. The number of aromatic nitrogens is 3. The minimum absolute atomic E-state index is 0.00450. The van der Waals surface area contributed by atoms with Gasteiger partial charge in [-0.2, -0.15) is 4.99 Å². The number of carbonyl (C=O) groups excluding carboxylic acids is 2. The van der Waals surface area contributed by atoms with E-state index in [0.29, 0.717) is 11.4 Å². The lowest BCUT2D eigenvalue weighted by molar-refractivity contribution is -0.143. The predicted octanol–water partition coefficient (Wildman–Crippen LogP) is 1.74. The van der Waals surface area contributed by atoms with Crippen molar-refractivity contribution in [1.29, 1.82) is 0 Å². The number of para-hydroxylation sites is 1. The van der Waals surface area contributed by atoms with Crippen LogP contribution in [0.3, 0.4) is 0 Å². The van der Waals surface area contributed by atoms with E-state index >= 15 is 0 Å². The molecule has 0 saturated carbocycles. The summed E-state index contributed by atoms with van der Waals surface area (Å²) in [5, 5.41) is 0. The first-order valence-corrected chi connectivity index (χ1v) is 8.22. The lowest BCUT2D eigenvalue weighted by Gasteiger charge is -2.04. The van der Waals surface area contributed by atoms with Gasteiger partial charge >= 0.3 is 11.9 Å². The summed E-state index contributed by atoms with van der Waals surface area (Å²) in [6, 6.07) is 7.58. The fourth-order valence-corrected chi connectivity index (χ4v) is 3.33. The zero-order valence-corrected chi connectivity index (χ0v) is 14.1. The number of hydrogen-bond donors (Lipinski definition) is 0. The van der Waals surface area contributed by atoms with Crippen LogP contribution in [0.2, 0.25) is 0 Å². The Bertz CT molecular complexity index is 967. The number of fused-ring (bicyclic) bond motifs is 1. The highest BCUT2D eigenvalue weighted by Crippen LogP contribution is 2.17. The normalized spacial score (nSPS) is 11.8. The third-order valence-corrected chi connectivity index (χ3v) is 4.45. The number of imidazole rings is 1. The van der Waals surface area contributed by atoms with Gasteiger partial charge in [0, 0.05) is 19.4 Å². The lowest BCUT2D eigenvalue weighted by Crippen LogP contribution is -2.23. The Kier molecular flexibility index (Phi) is 4.57. The van der Waals surface area contributed by atoms with E-state index in [9.17, 15) is 9.59 Å². The van der Waals surface area contributed by atoms with Crippen molar-refractivity contribution >= 4 is 33.4 Å². The average molecular weight is 344 g/mol. The van der Waals surface area contributed by atoms with E-state index in [-0.39, 0.29) is 18.3 Å². The highest BCUT2D eigenvalue weighted by atomic mass is 32.1. The van der Waals surface area contributed by atoms with E-state index < -0.39 is 5.91 Å². The molecule has 2 aromatic heterocycles. The first-order chi connectivity index (χ1) is 11.6. The van der Waals surface area contributed by atoms with Gasteiger partial charge in [-0.05, 0) is 19.1 Å². The number of thiazole rings is 1. The first-order valence-electron chi connectivity index (χ1n) is 7.40. The molecule has 0 N–H and O–H groups in total. The van der Waals surface area contributed by atoms with Crippen molar-refractivity contribution in [1.82, 2.24) is 14.1 Å². The van der Waals surface area contributed by atoms with Crippen molar-refractivity contribution in [3.8, 4) is 0 Å². The first kappa shape index (κ1) is 16.1. The van der Waals surface area contributed by atoms with Gasteiger partial charge < -0.3 is 13.9 Å². The Balaban J connectivity index is 2.09. The third-order valence-electron chi connectivity index (χ3n) is 3.39. The molecule has 0 spiro atoms. The van der Waals surface area contributed by atoms with Crippen LogP contribution in [0.4, 0.5) is 0 Å². The van der Waals surface area contributed by atoms with Gasteiger partial charge in [-0.3, -0.25) is 9.59 Å². The van der Waals surface area contributed by atoms with E-state index in [1.54, 1.807) is 35.5 Å². The van der Waals surface area contributed by atoms with E-state index in [4.69, 9.17) is 4.74 Å². The molecule has 24 heavy (non-hydrogen) atoms. The van der Waals surface area contributed by atoms with E-state index in [1.807, 2.05) is 24.3 Å². The number of rotatable bonds is 4. The van der Waals surface area contributed by atoms with Crippen LogP contribution < -0.4 is 4.80 Å². The minimum atomic E-state index is -0.452. The molecule has 0 aliphatic heterocycles. The number of carbonyl (C=O) groups is 2. The van der Waals surface area contributed by atoms with Crippen molar-refractivity contribution in [2.75, 3.05) is 6.61 Å². The summed E-state index contributed by atoms with van der Waals surface area (Å²) in [6.45, 7) is 2.06. The second-order valence-corrected chi connectivity index (χ2v) is 6.03. The van der Waals surface area contributed by atoms with Crippen LogP contribution in [0, 0.1) is 0 Å². The Morgan fingerprint density at radius 3 is 2.83 bits per heavy atom. The van der Waals surface area contributed by atoms with Crippen LogP contribution in [-0.4, -0.2) is 32.6 Å². The Labute approximate surface area is 141 Å². The molecule has 2 heterocycles. The SMILES string of the molecule is CCOC(=O)Cn1c(=NC(=O)c2nccn2C)sc2ccccc21. The molecule has 1 amide bonds.